The molecule has 1 aromatic heterocycles. The van der Waals surface area contributed by atoms with Gasteiger partial charge in [-0.1, -0.05) is 0 Å². The quantitative estimate of drug-likeness (QED) is 0.901. The molecule has 1 aliphatic carbocycles. The Morgan fingerprint density at radius 2 is 2.31 bits per heavy atom. The van der Waals surface area contributed by atoms with Gasteiger partial charge in [0.2, 0.25) is 0 Å². The molecule has 1 fully saturated rings. The fourth-order valence-electron chi connectivity index (χ4n) is 2.03. The minimum atomic E-state index is 0.0474. The molecule has 0 aliphatic heterocycles. The Kier molecular flexibility index (Phi) is 3.95. The zero-order valence-corrected chi connectivity index (χ0v) is 11.0. The number of rotatable bonds is 5. The number of methoxy groups -OCH3 is 1. The zero-order valence-electron chi connectivity index (χ0n) is 9.40. The SMILES string of the molecule is COC(C(N)Cc1ccc(Br)cn1)C1CC1. The number of ether oxygens (including phenoxy) is 1. The van der Waals surface area contributed by atoms with E-state index in [1.54, 1.807) is 13.3 Å². The monoisotopic (exact) mass is 284 g/mol. The van der Waals surface area contributed by atoms with E-state index >= 15 is 0 Å². The maximum atomic E-state index is 6.16. The molecule has 2 rings (SSSR count). The normalized spacial score (nSPS) is 19.4. The van der Waals surface area contributed by atoms with E-state index in [1.807, 2.05) is 12.1 Å². The van der Waals surface area contributed by atoms with E-state index in [0.717, 1.165) is 16.6 Å². The maximum Gasteiger partial charge on any atom is 0.0754 e. The predicted molar refractivity (Wildman–Crippen MR) is 67.1 cm³/mol. The van der Waals surface area contributed by atoms with E-state index in [9.17, 15) is 0 Å². The molecule has 2 atom stereocenters. The van der Waals surface area contributed by atoms with Gasteiger partial charge in [-0.3, -0.25) is 4.98 Å². The van der Waals surface area contributed by atoms with Gasteiger partial charge < -0.3 is 10.5 Å². The van der Waals surface area contributed by atoms with Gasteiger partial charge in [0, 0.05) is 35.9 Å². The lowest BCUT2D eigenvalue weighted by atomic mass is 10.0. The first-order chi connectivity index (χ1) is 7.70. The molecule has 2 unspecified atom stereocenters. The first-order valence-corrected chi connectivity index (χ1v) is 6.39. The molecule has 1 aromatic rings. The van der Waals surface area contributed by atoms with Gasteiger partial charge in [-0.25, -0.2) is 0 Å². The van der Waals surface area contributed by atoms with Crippen LogP contribution in [0.4, 0.5) is 0 Å². The first-order valence-electron chi connectivity index (χ1n) is 5.59. The summed E-state index contributed by atoms with van der Waals surface area (Å²) in [5.41, 5.74) is 7.19. The summed E-state index contributed by atoms with van der Waals surface area (Å²) >= 11 is 3.37. The van der Waals surface area contributed by atoms with Crippen LogP contribution in [0.25, 0.3) is 0 Å². The van der Waals surface area contributed by atoms with Crippen molar-refractivity contribution < 1.29 is 4.74 Å². The average Bonchev–Trinajstić information content (AvgIpc) is 3.07. The van der Waals surface area contributed by atoms with Crippen molar-refractivity contribution in [3.05, 3.63) is 28.5 Å². The molecule has 0 amide bonds. The van der Waals surface area contributed by atoms with Crippen molar-refractivity contribution in [2.75, 3.05) is 7.11 Å². The Bertz CT molecular complexity index is 337. The standard InChI is InChI=1S/C12H17BrN2O/c1-16-12(8-2-3-8)11(14)6-10-5-4-9(13)7-15-10/h4-5,7-8,11-12H,2-3,6,14H2,1H3. The molecular formula is C12H17BrN2O. The minimum absolute atomic E-state index is 0.0474. The third-order valence-electron chi connectivity index (χ3n) is 3.01. The Morgan fingerprint density at radius 3 is 2.81 bits per heavy atom. The van der Waals surface area contributed by atoms with Crippen LogP contribution >= 0.6 is 15.9 Å². The lowest BCUT2D eigenvalue weighted by molar-refractivity contribution is 0.0624. The van der Waals surface area contributed by atoms with Crippen molar-refractivity contribution in [2.24, 2.45) is 11.7 Å². The van der Waals surface area contributed by atoms with Crippen LogP contribution in [0.5, 0.6) is 0 Å². The van der Waals surface area contributed by atoms with Gasteiger partial charge in [0.05, 0.1) is 6.10 Å². The van der Waals surface area contributed by atoms with Gasteiger partial charge in [-0.15, -0.1) is 0 Å². The molecule has 1 saturated carbocycles. The molecule has 2 N–H and O–H groups in total. The van der Waals surface area contributed by atoms with E-state index in [0.29, 0.717) is 5.92 Å². The number of halogens is 1. The number of nitrogens with zero attached hydrogens (tertiary/aromatic N) is 1. The van der Waals surface area contributed by atoms with Crippen molar-refractivity contribution in [3.63, 3.8) is 0 Å². The van der Waals surface area contributed by atoms with E-state index in [-0.39, 0.29) is 12.1 Å². The summed E-state index contributed by atoms with van der Waals surface area (Å²) in [5.74, 6) is 0.662. The minimum Gasteiger partial charge on any atom is -0.380 e. The fourth-order valence-corrected chi connectivity index (χ4v) is 2.26. The van der Waals surface area contributed by atoms with Crippen LogP contribution in [0.1, 0.15) is 18.5 Å². The molecule has 1 aliphatic rings. The van der Waals surface area contributed by atoms with E-state index in [4.69, 9.17) is 10.5 Å². The zero-order chi connectivity index (χ0) is 11.5. The molecule has 88 valence electrons. The Balaban J connectivity index is 1.94. The molecule has 16 heavy (non-hydrogen) atoms. The summed E-state index contributed by atoms with van der Waals surface area (Å²) in [4.78, 5) is 4.33. The van der Waals surface area contributed by atoms with Gasteiger partial charge in [0.15, 0.2) is 0 Å². The van der Waals surface area contributed by atoms with Crippen LogP contribution in [0.3, 0.4) is 0 Å². The topological polar surface area (TPSA) is 48.1 Å². The third-order valence-corrected chi connectivity index (χ3v) is 3.48. The van der Waals surface area contributed by atoms with Crippen LogP contribution in [-0.4, -0.2) is 24.2 Å². The summed E-state index contributed by atoms with van der Waals surface area (Å²) in [6.45, 7) is 0. The summed E-state index contributed by atoms with van der Waals surface area (Å²) in [7, 11) is 1.75. The highest BCUT2D eigenvalue weighted by molar-refractivity contribution is 9.10. The third kappa shape index (κ3) is 3.03. The van der Waals surface area contributed by atoms with Gasteiger partial charge >= 0.3 is 0 Å². The Hall–Kier alpha value is -0.450. The van der Waals surface area contributed by atoms with Crippen molar-refractivity contribution in [3.8, 4) is 0 Å². The summed E-state index contributed by atoms with van der Waals surface area (Å²) in [5, 5.41) is 0. The van der Waals surface area contributed by atoms with Gasteiger partial charge in [0.25, 0.3) is 0 Å². The molecule has 0 spiro atoms. The lowest BCUT2D eigenvalue weighted by Crippen LogP contribution is -2.39. The molecule has 1 heterocycles. The number of hydrogen-bond acceptors (Lipinski definition) is 3. The molecule has 4 heteroatoms. The largest absolute Gasteiger partial charge is 0.380 e. The molecule has 0 saturated heterocycles. The Labute approximate surface area is 105 Å². The van der Waals surface area contributed by atoms with Crippen LogP contribution in [0.15, 0.2) is 22.8 Å². The number of nitrogens with two attached hydrogens (primary N) is 1. The van der Waals surface area contributed by atoms with Crippen LogP contribution < -0.4 is 5.73 Å². The predicted octanol–water partition coefficient (Wildman–Crippen LogP) is 2.14. The molecule has 3 nitrogen and oxygen atoms in total. The molecular weight excluding hydrogens is 268 g/mol. The second kappa shape index (κ2) is 5.25. The number of pyridine rings is 1. The maximum absolute atomic E-state index is 6.16. The van der Waals surface area contributed by atoms with E-state index in [2.05, 4.69) is 20.9 Å². The van der Waals surface area contributed by atoms with Gasteiger partial charge in [-0.2, -0.15) is 0 Å². The second-order valence-electron chi connectivity index (χ2n) is 4.37. The molecule has 0 aromatic carbocycles. The van der Waals surface area contributed by atoms with Gasteiger partial charge in [-0.05, 0) is 46.8 Å². The van der Waals surface area contributed by atoms with E-state index in [1.165, 1.54) is 12.8 Å². The van der Waals surface area contributed by atoms with Crippen molar-refractivity contribution in [1.82, 2.24) is 4.98 Å². The van der Waals surface area contributed by atoms with Crippen LogP contribution in [0.2, 0.25) is 0 Å². The second-order valence-corrected chi connectivity index (χ2v) is 5.29. The fraction of sp³-hybridized carbons (Fsp3) is 0.583. The highest BCUT2D eigenvalue weighted by Crippen LogP contribution is 2.35. The summed E-state index contributed by atoms with van der Waals surface area (Å²) in [6.07, 6.45) is 5.27. The van der Waals surface area contributed by atoms with Crippen LogP contribution in [0, 0.1) is 5.92 Å². The summed E-state index contributed by atoms with van der Waals surface area (Å²) < 4.78 is 6.47. The lowest BCUT2D eigenvalue weighted by Gasteiger charge is -2.21. The van der Waals surface area contributed by atoms with Gasteiger partial charge in [0.1, 0.15) is 0 Å². The summed E-state index contributed by atoms with van der Waals surface area (Å²) in [6, 6.07) is 4.04. The molecule has 0 radical (unpaired) electrons. The number of aromatic nitrogens is 1. The first kappa shape index (κ1) is 12.0. The average molecular weight is 285 g/mol. The van der Waals surface area contributed by atoms with Crippen molar-refractivity contribution in [2.45, 2.75) is 31.4 Å². The number of hydrogen-bond donors (Lipinski definition) is 1. The molecule has 0 bridgehead atoms. The van der Waals surface area contributed by atoms with Crippen molar-refractivity contribution >= 4 is 15.9 Å². The smallest absolute Gasteiger partial charge is 0.0754 e. The van der Waals surface area contributed by atoms with Crippen LogP contribution in [-0.2, 0) is 11.2 Å². The van der Waals surface area contributed by atoms with E-state index < -0.39 is 0 Å². The Morgan fingerprint density at radius 1 is 1.56 bits per heavy atom. The highest BCUT2D eigenvalue weighted by atomic mass is 79.9. The van der Waals surface area contributed by atoms with Crippen molar-refractivity contribution in [1.29, 1.82) is 0 Å². The highest BCUT2D eigenvalue weighted by Gasteiger charge is 2.35.